The van der Waals surface area contributed by atoms with E-state index in [-0.39, 0.29) is 6.54 Å². The first-order valence-corrected chi connectivity index (χ1v) is 9.46. The van der Waals surface area contributed by atoms with Crippen LogP contribution < -0.4 is 15.4 Å². The SMILES string of the molecule is CCOc1ccccc1NC(=O)C(C)OC(=O)CNC(=O)c1ccc(Br)cc1. The third-order valence-electron chi connectivity index (χ3n) is 3.62. The Balaban J connectivity index is 1.83. The number of benzene rings is 2. The molecule has 0 heterocycles. The van der Waals surface area contributed by atoms with E-state index in [4.69, 9.17) is 9.47 Å². The third kappa shape index (κ3) is 6.38. The van der Waals surface area contributed by atoms with Crippen LogP contribution in [0.4, 0.5) is 5.69 Å². The maximum atomic E-state index is 12.3. The van der Waals surface area contributed by atoms with E-state index in [0.717, 1.165) is 4.47 Å². The lowest BCUT2D eigenvalue weighted by molar-refractivity contribution is -0.152. The van der Waals surface area contributed by atoms with Crippen LogP contribution >= 0.6 is 15.9 Å². The highest BCUT2D eigenvalue weighted by Crippen LogP contribution is 2.23. The first kappa shape index (κ1) is 21.4. The molecule has 2 aromatic rings. The van der Waals surface area contributed by atoms with Gasteiger partial charge in [0.25, 0.3) is 11.8 Å². The number of rotatable bonds is 8. The normalized spacial score (nSPS) is 11.2. The summed E-state index contributed by atoms with van der Waals surface area (Å²) in [6.45, 7) is 3.40. The number of ether oxygens (including phenoxy) is 2. The van der Waals surface area contributed by atoms with Crippen LogP contribution in [-0.2, 0) is 14.3 Å². The summed E-state index contributed by atoms with van der Waals surface area (Å²) in [4.78, 5) is 36.2. The van der Waals surface area contributed by atoms with Gasteiger partial charge in [0.05, 0.1) is 12.3 Å². The van der Waals surface area contributed by atoms with Crippen molar-refractivity contribution in [2.45, 2.75) is 20.0 Å². The van der Waals surface area contributed by atoms with E-state index in [1.165, 1.54) is 6.92 Å². The fraction of sp³-hybridized carbons (Fsp3) is 0.250. The molecule has 1 atom stereocenters. The van der Waals surface area contributed by atoms with Crippen molar-refractivity contribution < 1.29 is 23.9 Å². The summed E-state index contributed by atoms with van der Waals surface area (Å²) in [5.74, 6) is -1.10. The molecule has 28 heavy (non-hydrogen) atoms. The van der Waals surface area contributed by atoms with Gasteiger partial charge in [0.15, 0.2) is 6.10 Å². The van der Waals surface area contributed by atoms with Gasteiger partial charge in [-0.05, 0) is 50.2 Å². The molecular formula is C20H21BrN2O5. The number of halogens is 1. The first-order chi connectivity index (χ1) is 13.4. The summed E-state index contributed by atoms with van der Waals surface area (Å²) in [7, 11) is 0. The van der Waals surface area contributed by atoms with Crippen LogP contribution in [-0.4, -0.2) is 37.0 Å². The number of carbonyl (C=O) groups is 3. The Hall–Kier alpha value is -2.87. The molecule has 2 rings (SSSR count). The Kier molecular flexibility index (Phi) is 8.01. The minimum absolute atomic E-state index is 0.345. The predicted molar refractivity (Wildman–Crippen MR) is 108 cm³/mol. The lowest BCUT2D eigenvalue weighted by atomic mass is 10.2. The van der Waals surface area contributed by atoms with E-state index in [1.54, 1.807) is 48.5 Å². The Bertz CT molecular complexity index is 839. The van der Waals surface area contributed by atoms with Crippen molar-refractivity contribution in [1.82, 2.24) is 5.32 Å². The molecule has 0 aliphatic heterocycles. The van der Waals surface area contributed by atoms with E-state index < -0.39 is 23.9 Å². The molecule has 0 spiro atoms. The van der Waals surface area contributed by atoms with Crippen LogP contribution in [0.25, 0.3) is 0 Å². The van der Waals surface area contributed by atoms with Crippen molar-refractivity contribution in [1.29, 1.82) is 0 Å². The molecule has 1 unspecified atom stereocenters. The molecule has 0 saturated carbocycles. The average molecular weight is 449 g/mol. The highest BCUT2D eigenvalue weighted by atomic mass is 79.9. The number of carbonyl (C=O) groups excluding carboxylic acids is 3. The number of hydrogen-bond acceptors (Lipinski definition) is 5. The van der Waals surface area contributed by atoms with Gasteiger partial charge < -0.3 is 20.1 Å². The Morgan fingerprint density at radius 1 is 1.07 bits per heavy atom. The molecule has 0 aliphatic carbocycles. The molecule has 0 bridgehead atoms. The quantitative estimate of drug-likeness (QED) is 0.604. The zero-order valence-corrected chi connectivity index (χ0v) is 17.1. The van der Waals surface area contributed by atoms with Crippen LogP contribution in [0.15, 0.2) is 53.0 Å². The topological polar surface area (TPSA) is 93.7 Å². The van der Waals surface area contributed by atoms with E-state index >= 15 is 0 Å². The lowest BCUT2D eigenvalue weighted by Gasteiger charge is -2.15. The van der Waals surface area contributed by atoms with Gasteiger partial charge in [0, 0.05) is 10.0 Å². The van der Waals surface area contributed by atoms with Crippen molar-refractivity contribution in [3.63, 3.8) is 0 Å². The predicted octanol–water partition coefficient (Wildman–Crippen LogP) is 3.15. The molecule has 2 N–H and O–H groups in total. The molecule has 0 aromatic heterocycles. The lowest BCUT2D eigenvalue weighted by Crippen LogP contribution is -2.35. The molecule has 0 radical (unpaired) electrons. The molecule has 0 saturated heterocycles. The summed E-state index contributed by atoms with van der Waals surface area (Å²) in [5.41, 5.74) is 0.898. The Labute approximate surface area is 171 Å². The minimum atomic E-state index is -1.04. The van der Waals surface area contributed by atoms with Gasteiger partial charge in [0.1, 0.15) is 12.3 Å². The smallest absolute Gasteiger partial charge is 0.326 e. The standard InChI is InChI=1S/C20H21BrN2O5/c1-3-27-17-7-5-4-6-16(17)23-19(25)13(2)28-18(24)12-22-20(26)14-8-10-15(21)11-9-14/h4-11,13H,3,12H2,1-2H3,(H,22,26)(H,23,25). The van der Waals surface area contributed by atoms with Crippen molar-refractivity contribution in [2.24, 2.45) is 0 Å². The van der Waals surface area contributed by atoms with Gasteiger partial charge in [-0.25, -0.2) is 0 Å². The maximum absolute atomic E-state index is 12.3. The summed E-state index contributed by atoms with van der Waals surface area (Å²) in [6.07, 6.45) is -1.04. The third-order valence-corrected chi connectivity index (χ3v) is 4.15. The molecule has 7 nitrogen and oxygen atoms in total. The molecule has 8 heteroatoms. The number of anilines is 1. The van der Waals surface area contributed by atoms with Gasteiger partial charge in [-0.2, -0.15) is 0 Å². The monoisotopic (exact) mass is 448 g/mol. The van der Waals surface area contributed by atoms with Crippen molar-refractivity contribution >= 4 is 39.4 Å². The van der Waals surface area contributed by atoms with Crippen molar-refractivity contribution in [3.05, 3.63) is 58.6 Å². The summed E-state index contributed by atoms with van der Waals surface area (Å²) < 4.78 is 11.4. The second kappa shape index (κ2) is 10.5. The van der Waals surface area contributed by atoms with Crippen molar-refractivity contribution in [3.8, 4) is 5.75 Å². The van der Waals surface area contributed by atoms with Gasteiger partial charge in [-0.3, -0.25) is 14.4 Å². The second-order valence-corrected chi connectivity index (χ2v) is 6.66. The second-order valence-electron chi connectivity index (χ2n) is 5.74. The summed E-state index contributed by atoms with van der Waals surface area (Å²) in [6, 6.07) is 13.7. The number of hydrogen-bond donors (Lipinski definition) is 2. The van der Waals surface area contributed by atoms with Gasteiger partial charge in [-0.15, -0.1) is 0 Å². The number of amides is 2. The van der Waals surface area contributed by atoms with E-state index in [0.29, 0.717) is 23.6 Å². The number of para-hydroxylation sites is 2. The van der Waals surface area contributed by atoms with Crippen LogP contribution in [0.5, 0.6) is 5.75 Å². The number of nitrogens with one attached hydrogen (secondary N) is 2. The summed E-state index contributed by atoms with van der Waals surface area (Å²) in [5, 5.41) is 5.12. The van der Waals surface area contributed by atoms with E-state index in [2.05, 4.69) is 26.6 Å². The molecular weight excluding hydrogens is 428 g/mol. The molecule has 148 valence electrons. The van der Waals surface area contributed by atoms with Crippen LogP contribution in [0, 0.1) is 0 Å². The van der Waals surface area contributed by atoms with E-state index in [1.807, 2.05) is 6.92 Å². The highest BCUT2D eigenvalue weighted by molar-refractivity contribution is 9.10. The first-order valence-electron chi connectivity index (χ1n) is 8.66. The summed E-state index contributed by atoms with van der Waals surface area (Å²) >= 11 is 3.28. The fourth-order valence-corrected chi connectivity index (χ4v) is 2.50. The minimum Gasteiger partial charge on any atom is -0.492 e. The highest BCUT2D eigenvalue weighted by Gasteiger charge is 2.19. The molecule has 2 aromatic carbocycles. The molecule has 0 aliphatic rings. The van der Waals surface area contributed by atoms with Gasteiger partial charge in [0.2, 0.25) is 0 Å². The zero-order chi connectivity index (χ0) is 20.5. The maximum Gasteiger partial charge on any atom is 0.326 e. The fourth-order valence-electron chi connectivity index (χ4n) is 2.23. The van der Waals surface area contributed by atoms with Crippen molar-refractivity contribution in [2.75, 3.05) is 18.5 Å². The van der Waals surface area contributed by atoms with E-state index in [9.17, 15) is 14.4 Å². The van der Waals surface area contributed by atoms with Gasteiger partial charge >= 0.3 is 5.97 Å². The van der Waals surface area contributed by atoms with Gasteiger partial charge in [-0.1, -0.05) is 28.1 Å². The Morgan fingerprint density at radius 2 is 1.75 bits per heavy atom. The Morgan fingerprint density at radius 3 is 2.43 bits per heavy atom. The van der Waals surface area contributed by atoms with Crippen LogP contribution in [0.2, 0.25) is 0 Å². The molecule has 2 amide bonds. The molecule has 0 fully saturated rings. The largest absolute Gasteiger partial charge is 0.492 e. The average Bonchev–Trinajstić information content (AvgIpc) is 2.68. The van der Waals surface area contributed by atoms with Crippen LogP contribution in [0.1, 0.15) is 24.2 Å². The number of esters is 1. The van der Waals surface area contributed by atoms with Crippen LogP contribution in [0.3, 0.4) is 0 Å². The zero-order valence-electron chi connectivity index (χ0n) is 15.5.